The van der Waals surface area contributed by atoms with Gasteiger partial charge in [0.15, 0.2) is 0 Å². The van der Waals surface area contributed by atoms with Crippen LogP contribution in [0.4, 0.5) is 0 Å². The van der Waals surface area contributed by atoms with Crippen molar-refractivity contribution < 1.29 is 10.2 Å². The number of rotatable bonds is 2. The largest absolute Gasteiger partial charge is 0.508 e. The lowest BCUT2D eigenvalue weighted by molar-refractivity contribution is 0.239. The summed E-state index contributed by atoms with van der Waals surface area (Å²) in [5.41, 5.74) is 3.10. The Morgan fingerprint density at radius 3 is 2.95 bits per heavy atom. The number of fused-ring (bicyclic) bond motifs is 1. The molecule has 5 heteroatoms. The maximum absolute atomic E-state index is 9.84. The van der Waals surface area contributed by atoms with Crippen molar-refractivity contribution in [3.63, 3.8) is 0 Å². The predicted molar refractivity (Wildman–Crippen MR) is 74.4 cm³/mol. The first-order valence-corrected chi connectivity index (χ1v) is 6.66. The van der Waals surface area contributed by atoms with E-state index in [0.29, 0.717) is 6.54 Å². The van der Waals surface area contributed by atoms with Crippen LogP contribution in [0.3, 0.4) is 0 Å². The number of phenols is 2. The summed E-state index contributed by atoms with van der Waals surface area (Å²) < 4.78 is 0. The molecule has 3 rings (SSSR count). The lowest BCUT2D eigenvalue weighted by Gasteiger charge is -2.28. The Labute approximate surface area is 117 Å². The van der Waals surface area contributed by atoms with Gasteiger partial charge in [0.25, 0.3) is 0 Å². The van der Waals surface area contributed by atoms with Gasteiger partial charge in [-0.25, -0.2) is 9.97 Å². The number of phenolic OH excluding ortho intramolecular Hbond substituents is 2. The van der Waals surface area contributed by atoms with E-state index in [4.69, 9.17) is 0 Å². The molecule has 0 amide bonds. The standard InChI is InChI=1S/C15H17N3O2/c1-10-16-7-12-9-18(5-4-14(12)17-10)8-11-2-3-13(19)6-15(11)20/h2-3,6-7,19-20H,4-5,8-9H2,1H3. The molecule has 0 fully saturated rings. The highest BCUT2D eigenvalue weighted by atomic mass is 16.3. The Balaban J connectivity index is 1.75. The molecule has 20 heavy (non-hydrogen) atoms. The maximum Gasteiger partial charge on any atom is 0.125 e. The normalized spacial score (nSPS) is 15.1. The smallest absolute Gasteiger partial charge is 0.125 e. The molecule has 0 spiro atoms. The molecule has 1 aromatic heterocycles. The van der Waals surface area contributed by atoms with Gasteiger partial charge >= 0.3 is 0 Å². The Morgan fingerprint density at radius 1 is 1.30 bits per heavy atom. The Bertz CT molecular complexity index is 643. The quantitative estimate of drug-likeness (QED) is 0.871. The second kappa shape index (κ2) is 5.09. The van der Waals surface area contributed by atoms with Crippen molar-refractivity contribution >= 4 is 0 Å². The molecule has 104 valence electrons. The molecule has 0 unspecified atom stereocenters. The van der Waals surface area contributed by atoms with Crippen molar-refractivity contribution in [3.8, 4) is 11.5 Å². The minimum atomic E-state index is 0.0825. The van der Waals surface area contributed by atoms with Gasteiger partial charge in [-0.1, -0.05) is 6.07 Å². The number of aromatic nitrogens is 2. The van der Waals surface area contributed by atoms with E-state index in [2.05, 4.69) is 14.9 Å². The van der Waals surface area contributed by atoms with Crippen LogP contribution in [0.5, 0.6) is 11.5 Å². The Hall–Kier alpha value is -2.14. The van der Waals surface area contributed by atoms with Crippen molar-refractivity contribution in [1.29, 1.82) is 0 Å². The number of hydrogen-bond donors (Lipinski definition) is 2. The van der Waals surface area contributed by atoms with Gasteiger partial charge in [-0.05, 0) is 13.0 Å². The Kier molecular flexibility index (Phi) is 3.28. The highest BCUT2D eigenvalue weighted by Gasteiger charge is 2.19. The molecule has 0 atom stereocenters. The maximum atomic E-state index is 9.84. The first-order chi connectivity index (χ1) is 9.61. The van der Waals surface area contributed by atoms with Crippen molar-refractivity contribution in [2.45, 2.75) is 26.4 Å². The second-order valence-corrected chi connectivity index (χ2v) is 5.16. The van der Waals surface area contributed by atoms with Crippen LogP contribution in [-0.4, -0.2) is 31.6 Å². The summed E-state index contributed by atoms with van der Waals surface area (Å²) in [4.78, 5) is 11.0. The van der Waals surface area contributed by atoms with Gasteiger partial charge in [0.1, 0.15) is 17.3 Å². The molecular weight excluding hydrogens is 254 g/mol. The third-order valence-electron chi connectivity index (χ3n) is 3.60. The molecule has 1 aliphatic rings. The van der Waals surface area contributed by atoms with Gasteiger partial charge < -0.3 is 10.2 Å². The van der Waals surface area contributed by atoms with E-state index in [9.17, 15) is 10.2 Å². The first-order valence-electron chi connectivity index (χ1n) is 6.66. The first kappa shape index (κ1) is 12.9. The minimum absolute atomic E-state index is 0.0825. The summed E-state index contributed by atoms with van der Waals surface area (Å²) in [6.07, 6.45) is 2.79. The van der Waals surface area contributed by atoms with Crippen molar-refractivity contribution in [3.05, 3.63) is 47.0 Å². The topological polar surface area (TPSA) is 69.5 Å². The average Bonchev–Trinajstić information content (AvgIpc) is 2.42. The molecule has 0 bridgehead atoms. The monoisotopic (exact) mass is 271 g/mol. The van der Waals surface area contributed by atoms with Crippen LogP contribution in [0.25, 0.3) is 0 Å². The predicted octanol–water partition coefficient (Wildman–Crippen LogP) is 1.75. The number of nitrogens with zero attached hydrogens (tertiary/aromatic N) is 3. The third-order valence-corrected chi connectivity index (χ3v) is 3.60. The van der Waals surface area contributed by atoms with E-state index >= 15 is 0 Å². The summed E-state index contributed by atoms with van der Waals surface area (Å²) in [6.45, 7) is 4.25. The second-order valence-electron chi connectivity index (χ2n) is 5.16. The van der Waals surface area contributed by atoms with Crippen molar-refractivity contribution in [2.75, 3.05) is 6.54 Å². The highest BCUT2D eigenvalue weighted by Crippen LogP contribution is 2.26. The zero-order valence-corrected chi connectivity index (χ0v) is 11.4. The molecule has 2 heterocycles. The SMILES string of the molecule is Cc1ncc2c(n1)CCN(Cc1ccc(O)cc1O)C2. The molecule has 1 aliphatic heterocycles. The fourth-order valence-electron chi connectivity index (χ4n) is 2.54. The van der Waals surface area contributed by atoms with E-state index in [0.717, 1.165) is 42.2 Å². The zero-order valence-electron chi connectivity index (χ0n) is 11.4. The van der Waals surface area contributed by atoms with Crippen LogP contribution in [0.15, 0.2) is 24.4 Å². The average molecular weight is 271 g/mol. The van der Waals surface area contributed by atoms with Crippen LogP contribution < -0.4 is 0 Å². The van der Waals surface area contributed by atoms with Crippen LogP contribution in [0.1, 0.15) is 22.6 Å². The minimum Gasteiger partial charge on any atom is -0.508 e. The molecule has 0 aliphatic carbocycles. The lowest BCUT2D eigenvalue weighted by Crippen LogP contribution is -2.31. The van der Waals surface area contributed by atoms with Crippen molar-refractivity contribution in [1.82, 2.24) is 14.9 Å². The van der Waals surface area contributed by atoms with Crippen LogP contribution in [0, 0.1) is 6.92 Å². The molecule has 2 aromatic rings. The van der Waals surface area contributed by atoms with Gasteiger partial charge in [-0.2, -0.15) is 0 Å². The summed E-state index contributed by atoms with van der Waals surface area (Å²) >= 11 is 0. The third kappa shape index (κ3) is 2.58. The highest BCUT2D eigenvalue weighted by molar-refractivity contribution is 5.39. The van der Waals surface area contributed by atoms with E-state index in [1.54, 1.807) is 12.1 Å². The molecule has 0 radical (unpaired) electrons. The van der Waals surface area contributed by atoms with E-state index in [1.807, 2.05) is 13.1 Å². The molecular formula is C15H17N3O2. The van der Waals surface area contributed by atoms with Crippen LogP contribution in [0.2, 0.25) is 0 Å². The fourth-order valence-corrected chi connectivity index (χ4v) is 2.54. The summed E-state index contributed by atoms with van der Waals surface area (Å²) in [6, 6.07) is 4.73. The van der Waals surface area contributed by atoms with Crippen LogP contribution >= 0.6 is 0 Å². The van der Waals surface area contributed by atoms with E-state index < -0.39 is 0 Å². The molecule has 1 aromatic carbocycles. The van der Waals surface area contributed by atoms with Gasteiger partial charge in [0, 0.05) is 55.1 Å². The number of aryl methyl sites for hydroxylation is 1. The number of benzene rings is 1. The molecule has 0 saturated carbocycles. The number of hydrogen-bond acceptors (Lipinski definition) is 5. The van der Waals surface area contributed by atoms with Gasteiger partial charge in [0.2, 0.25) is 0 Å². The zero-order chi connectivity index (χ0) is 14.1. The number of aromatic hydroxyl groups is 2. The summed E-state index contributed by atoms with van der Waals surface area (Å²) in [5.74, 6) is 1.03. The van der Waals surface area contributed by atoms with Gasteiger partial charge in [0.05, 0.1) is 0 Å². The van der Waals surface area contributed by atoms with Crippen molar-refractivity contribution in [2.24, 2.45) is 0 Å². The molecule has 5 nitrogen and oxygen atoms in total. The van der Waals surface area contributed by atoms with E-state index in [-0.39, 0.29) is 11.5 Å². The fraction of sp³-hybridized carbons (Fsp3) is 0.333. The summed E-state index contributed by atoms with van der Waals surface area (Å²) in [5, 5.41) is 19.2. The van der Waals surface area contributed by atoms with Gasteiger partial charge in [-0.3, -0.25) is 4.90 Å². The summed E-state index contributed by atoms with van der Waals surface area (Å²) in [7, 11) is 0. The lowest BCUT2D eigenvalue weighted by atomic mass is 10.1. The molecule has 0 saturated heterocycles. The molecule has 2 N–H and O–H groups in total. The Morgan fingerprint density at radius 2 is 2.15 bits per heavy atom. The van der Waals surface area contributed by atoms with E-state index in [1.165, 1.54) is 6.07 Å². The van der Waals surface area contributed by atoms with Crippen LogP contribution in [-0.2, 0) is 19.5 Å². The van der Waals surface area contributed by atoms with Gasteiger partial charge in [-0.15, -0.1) is 0 Å².